The van der Waals surface area contributed by atoms with Gasteiger partial charge in [-0.1, -0.05) is 6.07 Å². The minimum Gasteiger partial charge on any atom is -0.483 e. The van der Waals surface area contributed by atoms with Crippen LogP contribution in [-0.2, 0) is 4.74 Å². The maximum atomic E-state index is 10.7. The lowest BCUT2D eigenvalue weighted by atomic mass is 10.3. The Morgan fingerprint density at radius 1 is 1.67 bits per heavy atom. The van der Waals surface area contributed by atoms with E-state index in [0.29, 0.717) is 17.7 Å². The number of halogens is 1. The van der Waals surface area contributed by atoms with Crippen LogP contribution in [0.25, 0.3) is 0 Å². The Kier molecular flexibility index (Phi) is 2.88. The summed E-state index contributed by atoms with van der Waals surface area (Å²) in [5, 5.41) is 10.7. The number of nitro benzene ring substituents is 1. The van der Waals surface area contributed by atoms with Crippen molar-refractivity contribution in [3.8, 4) is 5.75 Å². The van der Waals surface area contributed by atoms with Gasteiger partial charge in [-0.15, -0.1) is 0 Å². The van der Waals surface area contributed by atoms with Crippen molar-refractivity contribution in [3.63, 3.8) is 0 Å². The van der Waals surface area contributed by atoms with Crippen LogP contribution in [0.1, 0.15) is 0 Å². The molecule has 0 aliphatic carbocycles. The van der Waals surface area contributed by atoms with Crippen molar-refractivity contribution in [2.24, 2.45) is 0 Å². The van der Waals surface area contributed by atoms with Crippen molar-refractivity contribution >= 4 is 21.6 Å². The fourth-order valence-electron chi connectivity index (χ4n) is 1.12. The predicted octanol–water partition coefficient (Wildman–Crippen LogP) is 2.13. The molecule has 0 amide bonds. The minimum absolute atomic E-state index is 0.0370. The minimum atomic E-state index is -0.464. The van der Waals surface area contributed by atoms with E-state index in [1.54, 1.807) is 12.1 Å². The van der Waals surface area contributed by atoms with Crippen molar-refractivity contribution in [1.82, 2.24) is 0 Å². The lowest BCUT2D eigenvalue weighted by molar-refractivity contribution is -0.386. The van der Waals surface area contributed by atoms with Crippen LogP contribution in [0, 0.1) is 10.1 Å². The molecule has 5 nitrogen and oxygen atoms in total. The van der Waals surface area contributed by atoms with Gasteiger partial charge in [-0.25, -0.2) is 0 Å². The largest absolute Gasteiger partial charge is 0.483 e. The third-order valence-electron chi connectivity index (χ3n) is 1.96. The number of benzene rings is 1. The summed E-state index contributed by atoms with van der Waals surface area (Å²) in [5.41, 5.74) is -0.0370. The molecule has 0 aromatic heterocycles. The van der Waals surface area contributed by atoms with Crippen LogP contribution in [0.15, 0.2) is 22.7 Å². The molecule has 0 radical (unpaired) electrons. The molecule has 1 aromatic rings. The molecule has 1 unspecified atom stereocenters. The second kappa shape index (κ2) is 4.16. The van der Waals surface area contributed by atoms with E-state index in [1.807, 2.05) is 0 Å². The van der Waals surface area contributed by atoms with Crippen molar-refractivity contribution in [2.45, 2.75) is 6.10 Å². The molecule has 0 saturated carbocycles. The summed E-state index contributed by atoms with van der Waals surface area (Å²) in [4.78, 5) is 10.2. The number of hydrogen-bond donors (Lipinski definition) is 0. The molecule has 80 valence electrons. The van der Waals surface area contributed by atoms with Crippen molar-refractivity contribution in [2.75, 3.05) is 13.2 Å². The van der Waals surface area contributed by atoms with Crippen LogP contribution >= 0.6 is 15.9 Å². The van der Waals surface area contributed by atoms with Crippen molar-refractivity contribution in [3.05, 3.63) is 32.8 Å². The van der Waals surface area contributed by atoms with Crippen LogP contribution in [0.5, 0.6) is 5.75 Å². The van der Waals surface area contributed by atoms with Crippen LogP contribution in [0.2, 0.25) is 0 Å². The highest BCUT2D eigenvalue weighted by Crippen LogP contribution is 2.35. The van der Waals surface area contributed by atoms with E-state index >= 15 is 0 Å². The number of nitrogens with zero attached hydrogens (tertiary/aromatic N) is 1. The highest BCUT2D eigenvalue weighted by Gasteiger charge is 2.26. The number of ether oxygens (including phenoxy) is 2. The first-order valence-electron chi connectivity index (χ1n) is 4.36. The lowest BCUT2D eigenvalue weighted by Crippen LogP contribution is -2.06. The summed E-state index contributed by atoms with van der Waals surface area (Å²) in [6, 6.07) is 4.71. The van der Waals surface area contributed by atoms with Gasteiger partial charge in [0, 0.05) is 6.07 Å². The summed E-state index contributed by atoms with van der Waals surface area (Å²) in [6.07, 6.45) is 0.0803. The van der Waals surface area contributed by atoms with Crippen LogP contribution in [0.4, 0.5) is 5.69 Å². The molecule has 2 rings (SSSR count). The number of nitro groups is 1. The molecule has 1 atom stereocenters. The molecule has 6 heteroatoms. The third-order valence-corrected chi connectivity index (χ3v) is 2.58. The standard InChI is InChI=1S/C9H8BrNO4/c10-7-2-1-3-8(11(12)13)9(7)15-5-6-4-14-6/h1-3,6H,4-5H2. The molecular formula is C9H8BrNO4. The number of para-hydroxylation sites is 1. The van der Waals surface area contributed by atoms with Gasteiger partial charge in [-0.05, 0) is 22.0 Å². The van der Waals surface area contributed by atoms with E-state index in [2.05, 4.69) is 15.9 Å². The van der Waals surface area contributed by atoms with E-state index < -0.39 is 4.92 Å². The van der Waals surface area contributed by atoms with Crippen LogP contribution in [-0.4, -0.2) is 24.2 Å². The maximum Gasteiger partial charge on any atom is 0.312 e. The Balaban J connectivity index is 2.20. The summed E-state index contributed by atoms with van der Waals surface area (Å²) in [5.74, 6) is 0.262. The van der Waals surface area contributed by atoms with Gasteiger partial charge in [-0.2, -0.15) is 0 Å². The Morgan fingerprint density at radius 3 is 3.00 bits per heavy atom. The average molecular weight is 274 g/mol. The number of rotatable bonds is 4. The van der Waals surface area contributed by atoms with E-state index in [-0.39, 0.29) is 17.5 Å². The summed E-state index contributed by atoms with van der Waals surface area (Å²) < 4.78 is 10.9. The fourth-order valence-corrected chi connectivity index (χ4v) is 1.59. The zero-order valence-corrected chi connectivity index (χ0v) is 9.27. The Morgan fingerprint density at radius 2 is 2.40 bits per heavy atom. The topological polar surface area (TPSA) is 64.9 Å². The molecule has 0 bridgehead atoms. The zero-order chi connectivity index (χ0) is 10.8. The van der Waals surface area contributed by atoms with Gasteiger partial charge in [0.15, 0.2) is 0 Å². The normalized spacial score (nSPS) is 18.6. The Hall–Kier alpha value is -1.14. The molecule has 1 aliphatic heterocycles. The van der Waals surface area contributed by atoms with Gasteiger partial charge in [0.1, 0.15) is 12.7 Å². The zero-order valence-electron chi connectivity index (χ0n) is 7.68. The van der Waals surface area contributed by atoms with Gasteiger partial charge in [0.25, 0.3) is 0 Å². The molecule has 1 aliphatic rings. The Labute approximate surface area is 94.3 Å². The van der Waals surface area contributed by atoms with Crippen LogP contribution < -0.4 is 4.74 Å². The number of hydrogen-bond acceptors (Lipinski definition) is 4. The van der Waals surface area contributed by atoms with Crippen molar-refractivity contribution in [1.29, 1.82) is 0 Å². The summed E-state index contributed by atoms with van der Waals surface area (Å²) in [6.45, 7) is 1.02. The molecule has 1 fully saturated rings. The molecule has 1 saturated heterocycles. The first kappa shape index (κ1) is 10.4. The SMILES string of the molecule is O=[N+]([O-])c1cccc(Br)c1OCC1CO1. The van der Waals surface area contributed by atoms with Crippen molar-refractivity contribution < 1.29 is 14.4 Å². The highest BCUT2D eigenvalue weighted by atomic mass is 79.9. The van der Waals surface area contributed by atoms with E-state index in [9.17, 15) is 10.1 Å². The van der Waals surface area contributed by atoms with Gasteiger partial charge >= 0.3 is 5.69 Å². The quantitative estimate of drug-likeness (QED) is 0.479. The van der Waals surface area contributed by atoms with E-state index in [4.69, 9.17) is 9.47 Å². The van der Waals surface area contributed by atoms with Gasteiger partial charge in [0.05, 0.1) is 16.0 Å². The molecule has 0 spiro atoms. The first-order valence-corrected chi connectivity index (χ1v) is 5.15. The molecular weight excluding hydrogens is 266 g/mol. The first-order chi connectivity index (χ1) is 7.18. The molecule has 1 aromatic carbocycles. The lowest BCUT2D eigenvalue weighted by Gasteiger charge is -2.06. The Bertz CT molecular complexity index is 392. The third kappa shape index (κ3) is 2.45. The number of epoxide rings is 1. The van der Waals surface area contributed by atoms with E-state index in [1.165, 1.54) is 6.07 Å². The van der Waals surface area contributed by atoms with Gasteiger partial charge < -0.3 is 9.47 Å². The van der Waals surface area contributed by atoms with Gasteiger partial charge in [-0.3, -0.25) is 10.1 Å². The maximum absolute atomic E-state index is 10.7. The molecule has 0 N–H and O–H groups in total. The second-order valence-corrected chi connectivity index (χ2v) is 3.97. The summed E-state index contributed by atoms with van der Waals surface area (Å²) >= 11 is 3.22. The van der Waals surface area contributed by atoms with Gasteiger partial charge in [0.2, 0.25) is 5.75 Å². The smallest absolute Gasteiger partial charge is 0.312 e. The highest BCUT2D eigenvalue weighted by molar-refractivity contribution is 9.10. The van der Waals surface area contributed by atoms with Crippen LogP contribution in [0.3, 0.4) is 0 Å². The molecule has 1 heterocycles. The molecule has 15 heavy (non-hydrogen) atoms. The second-order valence-electron chi connectivity index (χ2n) is 3.11. The fraction of sp³-hybridized carbons (Fsp3) is 0.333. The predicted molar refractivity (Wildman–Crippen MR) is 56.0 cm³/mol. The average Bonchev–Trinajstić information content (AvgIpc) is 2.99. The van der Waals surface area contributed by atoms with E-state index in [0.717, 1.165) is 0 Å². The monoisotopic (exact) mass is 273 g/mol. The summed E-state index contributed by atoms with van der Waals surface area (Å²) in [7, 11) is 0.